The number of amides is 2. The summed E-state index contributed by atoms with van der Waals surface area (Å²) in [5, 5.41) is 6.51. The fourth-order valence-corrected chi connectivity index (χ4v) is 4.05. The van der Waals surface area contributed by atoms with Crippen LogP contribution in [0.25, 0.3) is 10.1 Å². The third kappa shape index (κ3) is 4.55. The zero-order chi connectivity index (χ0) is 22.5. The van der Waals surface area contributed by atoms with Gasteiger partial charge >= 0.3 is 0 Å². The van der Waals surface area contributed by atoms with Crippen LogP contribution in [0.15, 0.2) is 66.7 Å². The van der Waals surface area contributed by atoms with Crippen LogP contribution in [0, 0.1) is 0 Å². The molecule has 2 N–H and O–H groups in total. The van der Waals surface area contributed by atoms with Crippen molar-refractivity contribution in [2.75, 3.05) is 19.5 Å². The van der Waals surface area contributed by atoms with Gasteiger partial charge in [-0.2, -0.15) is 4.37 Å². The molecule has 0 aliphatic rings. The number of nitrogens with one attached hydrogen (secondary N) is 2. The number of fused-ring (bicyclic) bond motifs is 1. The third-order valence-electron chi connectivity index (χ3n) is 4.90. The van der Waals surface area contributed by atoms with Gasteiger partial charge in [-0.15, -0.1) is 0 Å². The third-order valence-corrected chi connectivity index (χ3v) is 5.73. The molecule has 0 fully saturated rings. The molecule has 162 valence electrons. The van der Waals surface area contributed by atoms with E-state index >= 15 is 0 Å². The van der Waals surface area contributed by atoms with Gasteiger partial charge in [0.25, 0.3) is 11.8 Å². The van der Waals surface area contributed by atoms with Gasteiger partial charge in [-0.05, 0) is 54.0 Å². The highest BCUT2D eigenvalue weighted by atomic mass is 32.1. The monoisotopic (exact) mass is 447 g/mol. The van der Waals surface area contributed by atoms with E-state index in [1.165, 1.54) is 11.5 Å². The Morgan fingerprint density at radius 2 is 1.78 bits per heavy atom. The minimum atomic E-state index is -0.318. The van der Waals surface area contributed by atoms with E-state index in [2.05, 4.69) is 15.0 Å². The number of nitrogens with zero attached hydrogens (tertiary/aromatic N) is 1. The Bertz CT molecular complexity index is 1290. The summed E-state index contributed by atoms with van der Waals surface area (Å²) in [7, 11) is 3.16. The zero-order valence-electron chi connectivity index (χ0n) is 17.5. The summed E-state index contributed by atoms with van der Waals surface area (Å²) in [4.78, 5) is 25.4. The van der Waals surface area contributed by atoms with Gasteiger partial charge in [-0.3, -0.25) is 9.59 Å². The smallest absolute Gasteiger partial charge is 0.276 e. The quantitative estimate of drug-likeness (QED) is 0.436. The zero-order valence-corrected chi connectivity index (χ0v) is 18.4. The fraction of sp³-hybridized carbons (Fsp3) is 0.125. The Morgan fingerprint density at radius 3 is 2.59 bits per heavy atom. The number of hydrogen-bond donors (Lipinski definition) is 2. The van der Waals surface area contributed by atoms with E-state index in [1.807, 2.05) is 30.3 Å². The fourth-order valence-electron chi connectivity index (χ4n) is 3.28. The molecule has 0 unspecified atom stereocenters. The van der Waals surface area contributed by atoms with Gasteiger partial charge in [-0.1, -0.05) is 24.3 Å². The number of benzene rings is 3. The first kappa shape index (κ1) is 21.3. The summed E-state index contributed by atoms with van der Waals surface area (Å²) in [5.74, 6) is 0.739. The predicted octanol–water partition coefficient (Wildman–Crippen LogP) is 4.50. The van der Waals surface area contributed by atoms with Gasteiger partial charge in [0, 0.05) is 28.7 Å². The minimum Gasteiger partial charge on any atom is -0.497 e. The van der Waals surface area contributed by atoms with Crippen molar-refractivity contribution >= 4 is 39.1 Å². The summed E-state index contributed by atoms with van der Waals surface area (Å²) in [6.45, 7) is 0.264. The second-order valence-electron chi connectivity index (χ2n) is 6.92. The lowest BCUT2D eigenvalue weighted by molar-refractivity contribution is 0.0949. The molecule has 8 heteroatoms. The minimum absolute atomic E-state index is 0.264. The molecule has 0 saturated carbocycles. The van der Waals surface area contributed by atoms with Gasteiger partial charge < -0.3 is 20.1 Å². The number of aromatic nitrogens is 1. The molecule has 32 heavy (non-hydrogen) atoms. The molecule has 0 radical (unpaired) electrons. The van der Waals surface area contributed by atoms with Gasteiger partial charge in [0.1, 0.15) is 17.2 Å². The van der Waals surface area contributed by atoms with Crippen molar-refractivity contribution in [2.24, 2.45) is 0 Å². The van der Waals surface area contributed by atoms with E-state index in [9.17, 15) is 9.59 Å². The molecule has 4 aromatic rings. The summed E-state index contributed by atoms with van der Waals surface area (Å²) < 4.78 is 15.8. The first-order valence-electron chi connectivity index (χ1n) is 9.84. The van der Waals surface area contributed by atoms with Gasteiger partial charge in [0.2, 0.25) is 0 Å². The highest BCUT2D eigenvalue weighted by molar-refractivity contribution is 7.13. The van der Waals surface area contributed by atoms with Gasteiger partial charge in [0.15, 0.2) is 0 Å². The molecule has 0 aliphatic carbocycles. The largest absolute Gasteiger partial charge is 0.497 e. The highest BCUT2D eigenvalue weighted by Crippen LogP contribution is 2.25. The topological polar surface area (TPSA) is 89.5 Å². The summed E-state index contributed by atoms with van der Waals surface area (Å²) in [6.07, 6.45) is 0. The maximum absolute atomic E-state index is 12.7. The number of carbonyl (C=O) groups excluding carboxylic acids is 2. The molecule has 0 bridgehead atoms. The molecule has 0 aliphatic heterocycles. The van der Waals surface area contributed by atoms with Crippen LogP contribution in [-0.4, -0.2) is 30.4 Å². The van der Waals surface area contributed by atoms with E-state index < -0.39 is 0 Å². The lowest BCUT2D eigenvalue weighted by Crippen LogP contribution is -2.23. The average molecular weight is 448 g/mol. The second kappa shape index (κ2) is 9.49. The first-order chi connectivity index (χ1) is 15.6. The van der Waals surface area contributed by atoms with Crippen LogP contribution in [0.3, 0.4) is 0 Å². The van der Waals surface area contributed by atoms with Crippen LogP contribution in [-0.2, 0) is 6.54 Å². The number of methoxy groups -OCH3 is 2. The van der Waals surface area contributed by atoms with E-state index in [1.54, 1.807) is 50.6 Å². The van der Waals surface area contributed by atoms with Crippen LogP contribution >= 0.6 is 11.5 Å². The van der Waals surface area contributed by atoms with Crippen molar-refractivity contribution in [3.8, 4) is 11.5 Å². The molecule has 7 nitrogen and oxygen atoms in total. The number of rotatable bonds is 7. The highest BCUT2D eigenvalue weighted by Gasteiger charge is 2.15. The summed E-state index contributed by atoms with van der Waals surface area (Å²) in [5.41, 5.74) is 2.09. The van der Waals surface area contributed by atoms with E-state index in [0.717, 1.165) is 15.6 Å². The normalized spacial score (nSPS) is 10.6. The van der Waals surface area contributed by atoms with Crippen LogP contribution in [0.4, 0.5) is 5.69 Å². The van der Waals surface area contributed by atoms with Crippen LogP contribution < -0.4 is 20.1 Å². The van der Waals surface area contributed by atoms with Crippen LogP contribution in [0.2, 0.25) is 0 Å². The summed E-state index contributed by atoms with van der Waals surface area (Å²) >= 11 is 1.28. The number of ether oxygens (including phenoxy) is 2. The first-order valence-corrected chi connectivity index (χ1v) is 10.6. The number of hydrogen-bond acceptors (Lipinski definition) is 6. The Morgan fingerprint density at radius 1 is 0.938 bits per heavy atom. The maximum Gasteiger partial charge on any atom is 0.276 e. The lowest BCUT2D eigenvalue weighted by Gasteiger charge is -2.12. The van der Waals surface area contributed by atoms with Crippen molar-refractivity contribution in [3.05, 3.63) is 83.6 Å². The van der Waals surface area contributed by atoms with Gasteiger partial charge in [-0.25, -0.2) is 0 Å². The van der Waals surface area contributed by atoms with E-state index in [4.69, 9.17) is 9.47 Å². The molecular formula is C24H21N3O4S. The van der Waals surface area contributed by atoms with Crippen molar-refractivity contribution in [2.45, 2.75) is 6.54 Å². The Labute approximate surface area is 189 Å². The SMILES string of the molecule is COc1ccc(OC)c(CNC(=O)c2cccc(NC(=O)c3nsc4ccccc34)c2)c1. The van der Waals surface area contributed by atoms with Crippen molar-refractivity contribution in [1.29, 1.82) is 0 Å². The molecule has 4 rings (SSSR count). The summed E-state index contributed by atoms with van der Waals surface area (Å²) in [6, 6.07) is 19.7. The maximum atomic E-state index is 12.7. The Balaban J connectivity index is 1.46. The molecule has 0 spiro atoms. The lowest BCUT2D eigenvalue weighted by atomic mass is 10.1. The van der Waals surface area contributed by atoms with E-state index in [0.29, 0.717) is 28.4 Å². The Kier molecular flexibility index (Phi) is 6.32. The van der Waals surface area contributed by atoms with Crippen molar-refractivity contribution in [1.82, 2.24) is 9.69 Å². The molecule has 0 saturated heterocycles. The molecule has 2 amide bonds. The molecule has 3 aromatic carbocycles. The molecule has 0 atom stereocenters. The second-order valence-corrected chi connectivity index (χ2v) is 7.73. The van der Waals surface area contributed by atoms with E-state index in [-0.39, 0.29) is 18.4 Å². The standard InChI is InChI=1S/C24H21N3O4S/c1-30-18-10-11-20(31-2)16(13-18)14-25-23(28)15-6-5-7-17(12-15)26-24(29)22-19-8-3-4-9-21(19)32-27-22/h3-13H,14H2,1-2H3,(H,25,28)(H,26,29). The molecular weight excluding hydrogens is 426 g/mol. The number of anilines is 1. The van der Waals surface area contributed by atoms with Crippen molar-refractivity contribution < 1.29 is 19.1 Å². The van der Waals surface area contributed by atoms with Crippen molar-refractivity contribution in [3.63, 3.8) is 0 Å². The van der Waals surface area contributed by atoms with Crippen LogP contribution in [0.5, 0.6) is 11.5 Å². The Hall–Kier alpha value is -3.91. The molecule has 1 aromatic heterocycles. The van der Waals surface area contributed by atoms with Gasteiger partial charge in [0.05, 0.1) is 18.9 Å². The van der Waals surface area contributed by atoms with Crippen LogP contribution in [0.1, 0.15) is 26.4 Å². The molecule has 1 heterocycles. The predicted molar refractivity (Wildman–Crippen MR) is 125 cm³/mol. The number of carbonyl (C=O) groups is 2. The average Bonchev–Trinajstić information content (AvgIpc) is 3.27.